The molecule has 0 aliphatic heterocycles. The van der Waals surface area contributed by atoms with E-state index in [0.29, 0.717) is 5.92 Å². The molecule has 1 saturated carbocycles. The van der Waals surface area contributed by atoms with Gasteiger partial charge in [0, 0.05) is 5.56 Å². The van der Waals surface area contributed by atoms with E-state index in [9.17, 15) is 5.11 Å². The molecule has 1 heteroatoms. The highest BCUT2D eigenvalue weighted by Crippen LogP contribution is 2.26. The summed E-state index contributed by atoms with van der Waals surface area (Å²) in [5, 5.41) is 10.1. The van der Waals surface area contributed by atoms with Gasteiger partial charge in [0.25, 0.3) is 0 Å². The standard InChI is InChI=1S/C21H26O/c1-21(2,3)19-15-13-17(14-16-19)9-7-8-12-20(22)18-10-5-4-6-11-18/h13-16,18,20,22H,4-6,10-11H2,1-3H3/t20-/m1/s1. The van der Waals surface area contributed by atoms with Gasteiger partial charge in [-0.3, -0.25) is 0 Å². The van der Waals surface area contributed by atoms with Gasteiger partial charge < -0.3 is 5.11 Å². The monoisotopic (exact) mass is 294 g/mol. The van der Waals surface area contributed by atoms with E-state index in [0.717, 1.165) is 18.4 Å². The molecule has 0 unspecified atom stereocenters. The Balaban J connectivity index is 1.95. The van der Waals surface area contributed by atoms with Gasteiger partial charge in [0.05, 0.1) is 0 Å². The van der Waals surface area contributed by atoms with E-state index in [1.54, 1.807) is 0 Å². The highest BCUT2D eigenvalue weighted by atomic mass is 16.3. The SMILES string of the molecule is CC(C)(C)c1ccc(C#CC#C[C@@H](O)C2CCCCC2)cc1. The number of rotatable bonds is 1. The summed E-state index contributed by atoms with van der Waals surface area (Å²) in [7, 11) is 0. The Morgan fingerprint density at radius 3 is 2.23 bits per heavy atom. The van der Waals surface area contributed by atoms with Crippen molar-refractivity contribution in [1.29, 1.82) is 0 Å². The largest absolute Gasteiger partial charge is 0.380 e. The molecule has 0 aromatic heterocycles. The predicted octanol–water partition coefficient (Wildman–Crippen LogP) is 4.28. The van der Waals surface area contributed by atoms with Crippen LogP contribution in [-0.4, -0.2) is 11.2 Å². The first kappa shape index (κ1) is 16.7. The van der Waals surface area contributed by atoms with Crippen LogP contribution in [0.2, 0.25) is 0 Å². The molecule has 1 N–H and O–H groups in total. The normalized spacial score (nSPS) is 16.9. The molecule has 0 amide bonds. The minimum Gasteiger partial charge on any atom is -0.380 e. The lowest BCUT2D eigenvalue weighted by Gasteiger charge is -2.22. The zero-order valence-corrected chi connectivity index (χ0v) is 13.9. The maximum atomic E-state index is 10.1. The summed E-state index contributed by atoms with van der Waals surface area (Å²) >= 11 is 0. The van der Waals surface area contributed by atoms with Crippen molar-refractivity contribution in [3.8, 4) is 23.7 Å². The number of aliphatic hydroxyl groups excluding tert-OH is 1. The summed E-state index contributed by atoms with van der Waals surface area (Å²) < 4.78 is 0. The summed E-state index contributed by atoms with van der Waals surface area (Å²) in [5.41, 5.74) is 2.43. The van der Waals surface area contributed by atoms with E-state index in [4.69, 9.17) is 0 Å². The van der Waals surface area contributed by atoms with Gasteiger partial charge in [-0.25, -0.2) is 0 Å². The summed E-state index contributed by atoms with van der Waals surface area (Å²) in [6, 6.07) is 8.31. The third-order valence-corrected chi connectivity index (χ3v) is 4.34. The van der Waals surface area contributed by atoms with E-state index in [2.05, 4.69) is 56.6 Å². The lowest BCUT2D eigenvalue weighted by atomic mass is 9.85. The molecular formula is C21H26O. The highest BCUT2D eigenvalue weighted by Gasteiger charge is 2.19. The molecule has 1 aliphatic rings. The van der Waals surface area contributed by atoms with Crippen LogP contribution in [0.4, 0.5) is 0 Å². The van der Waals surface area contributed by atoms with Gasteiger partial charge in [0.2, 0.25) is 0 Å². The van der Waals surface area contributed by atoms with Crippen molar-refractivity contribution < 1.29 is 5.11 Å². The topological polar surface area (TPSA) is 20.2 Å². The highest BCUT2D eigenvalue weighted by molar-refractivity contribution is 5.42. The molecule has 2 rings (SSSR count). The van der Waals surface area contributed by atoms with Crippen molar-refractivity contribution in [3.63, 3.8) is 0 Å². The quantitative estimate of drug-likeness (QED) is 0.766. The molecule has 0 heterocycles. The molecule has 1 aromatic rings. The van der Waals surface area contributed by atoms with Crippen molar-refractivity contribution in [2.75, 3.05) is 0 Å². The lowest BCUT2D eigenvalue weighted by Crippen LogP contribution is -2.20. The third-order valence-electron chi connectivity index (χ3n) is 4.34. The molecule has 1 aliphatic carbocycles. The van der Waals surface area contributed by atoms with Crippen LogP contribution in [0.3, 0.4) is 0 Å². The van der Waals surface area contributed by atoms with E-state index >= 15 is 0 Å². The van der Waals surface area contributed by atoms with Crippen molar-refractivity contribution >= 4 is 0 Å². The van der Waals surface area contributed by atoms with Crippen LogP contribution in [-0.2, 0) is 5.41 Å². The lowest BCUT2D eigenvalue weighted by molar-refractivity contribution is 0.133. The molecule has 22 heavy (non-hydrogen) atoms. The minimum atomic E-state index is -0.516. The zero-order valence-electron chi connectivity index (χ0n) is 13.9. The first-order chi connectivity index (χ1) is 10.5. The second-order valence-corrected chi connectivity index (χ2v) is 7.19. The first-order valence-corrected chi connectivity index (χ1v) is 8.27. The molecule has 0 radical (unpaired) electrons. The van der Waals surface area contributed by atoms with Crippen LogP contribution in [0.5, 0.6) is 0 Å². The fourth-order valence-electron chi connectivity index (χ4n) is 2.83. The Bertz CT molecular complexity index is 590. The summed E-state index contributed by atoms with van der Waals surface area (Å²) in [4.78, 5) is 0. The molecule has 0 bridgehead atoms. The minimum absolute atomic E-state index is 0.163. The van der Waals surface area contributed by atoms with Crippen molar-refractivity contribution in [1.82, 2.24) is 0 Å². The average molecular weight is 294 g/mol. The molecule has 1 atom stereocenters. The summed E-state index contributed by atoms with van der Waals surface area (Å²) in [6.45, 7) is 6.60. The molecule has 0 spiro atoms. The predicted molar refractivity (Wildman–Crippen MR) is 92.4 cm³/mol. The number of hydrogen-bond donors (Lipinski definition) is 1. The van der Waals surface area contributed by atoms with E-state index in [1.165, 1.54) is 24.8 Å². The molecule has 1 fully saturated rings. The van der Waals surface area contributed by atoms with Gasteiger partial charge in [-0.2, -0.15) is 0 Å². The van der Waals surface area contributed by atoms with E-state index in [-0.39, 0.29) is 5.41 Å². The number of hydrogen-bond acceptors (Lipinski definition) is 1. The fraction of sp³-hybridized carbons (Fsp3) is 0.524. The maximum absolute atomic E-state index is 10.1. The second kappa shape index (κ2) is 7.53. The van der Waals surface area contributed by atoms with Crippen LogP contribution >= 0.6 is 0 Å². The van der Waals surface area contributed by atoms with E-state index in [1.807, 2.05) is 12.1 Å². The first-order valence-electron chi connectivity index (χ1n) is 8.27. The Kier molecular flexibility index (Phi) is 5.70. The van der Waals surface area contributed by atoms with Crippen LogP contribution in [0.1, 0.15) is 64.0 Å². The Labute approximate surface area is 135 Å². The molecule has 116 valence electrons. The van der Waals surface area contributed by atoms with Crippen LogP contribution in [0.25, 0.3) is 0 Å². The number of aliphatic hydroxyl groups is 1. The molecule has 1 nitrogen and oxygen atoms in total. The Morgan fingerprint density at radius 1 is 1.00 bits per heavy atom. The van der Waals surface area contributed by atoms with Crippen LogP contribution in [0, 0.1) is 29.6 Å². The van der Waals surface area contributed by atoms with Crippen molar-refractivity contribution in [2.45, 2.75) is 64.4 Å². The van der Waals surface area contributed by atoms with Crippen molar-refractivity contribution in [3.05, 3.63) is 35.4 Å². The summed E-state index contributed by atoms with van der Waals surface area (Å²) in [6.07, 6.45) is 5.40. The third kappa shape index (κ3) is 4.94. The smallest absolute Gasteiger partial charge is 0.118 e. The van der Waals surface area contributed by atoms with E-state index < -0.39 is 6.10 Å². The second-order valence-electron chi connectivity index (χ2n) is 7.19. The van der Waals surface area contributed by atoms with Gasteiger partial charge in [-0.05, 0) is 53.7 Å². The van der Waals surface area contributed by atoms with Gasteiger partial charge in [-0.15, -0.1) is 0 Å². The van der Waals surface area contributed by atoms with Gasteiger partial charge in [0.15, 0.2) is 0 Å². The summed E-state index contributed by atoms with van der Waals surface area (Å²) in [5.74, 6) is 12.0. The molecule has 1 aromatic carbocycles. The zero-order chi connectivity index (χ0) is 16.0. The van der Waals surface area contributed by atoms with Gasteiger partial charge in [-0.1, -0.05) is 64.0 Å². The average Bonchev–Trinajstić information content (AvgIpc) is 2.52. The number of benzene rings is 1. The van der Waals surface area contributed by atoms with Gasteiger partial charge >= 0.3 is 0 Å². The molecular weight excluding hydrogens is 268 g/mol. The van der Waals surface area contributed by atoms with Gasteiger partial charge in [0.1, 0.15) is 6.10 Å². The van der Waals surface area contributed by atoms with Crippen LogP contribution < -0.4 is 0 Å². The Morgan fingerprint density at radius 2 is 1.64 bits per heavy atom. The molecule has 0 saturated heterocycles. The van der Waals surface area contributed by atoms with Crippen molar-refractivity contribution in [2.24, 2.45) is 5.92 Å². The van der Waals surface area contributed by atoms with Crippen LogP contribution in [0.15, 0.2) is 24.3 Å². The maximum Gasteiger partial charge on any atom is 0.118 e. The fourth-order valence-corrected chi connectivity index (χ4v) is 2.83. The Hall–Kier alpha value is -1.70.